The van der Waals surface area contributed by atoms with Gasteiger partial charge in [0.2, 0.25) is 0 Å². The van der Waals surface area contributed by atoms with Crippen LogP contribution in [0.15, 0.2) is 23.6 Å². The molecule has 0 aliphatic carbocycles. The minimum atomic E-state index is 0.711. The Morgan fingerprint density at radius 1 is 1.47 bits per heavy atom. The van der Waals surface area contributed by atoms with E-state index in [-0.39, 0.29) is 0 Å². The molecule has 1 aromatic heterocycles. The van der Waals surface area contributed by atoms with Gasteiger partial charge in [0.05, 0.1) is 36.6 Å². The molecule has 0 atom stereocenters. The fourth-order valence-corrected chi connectivity index (χ4v) is 2.82. The van der Waals surface area contributed by atoms with Crippen LogP contribution in [0.5, 0.6) is 11.5 Å². The lowest BCUT2D eigenvalue weighted by atomic mass is 10.2. The molecule has 0 fully saturated rings. The Hall–Kier alpha value is -1.75. The zero-order valence-corrected chi connectivity index (χ0v) is 11.9. The highest BCUT2D eigenvalue weighted by Gasteiger charge is 2.19. The summed E-state index contributed by atoms with van der Waals surface area (Å²) in [6.07, 6.45) is 0. The highest BCUT2D eigenvalue weighted by atomic mass is 32.1. The molecule has 0 N–H and O–H groups in total. The van der Waals surface area contributed by atoms with E-state index in [9.17, 15) is 0 Å². The Labute approximate surface area is 116 Å². The molecule has 0 bridgehead atoms. The molecule has 1 aromatic carbocycles. The number of aryl methyl sites for hydroxylation is 1. The summed E-state index contributed by atoms with van der Waals surface area (Å²) in [4.78, 5) is 6.81. The van der Waals surface area contributed by atoms with E-state index in [1.165, 1.54) is 0 Å². The number of fused-ring (bicyclic) bond motifs is 1. The summed E-state index contributed by atoms with van der Waals surface area (Å²) in [5.74, 6) is 1.77. The van der Waals surface area contributed by atoms with E-state index in [4.69, 9.17) is 9.47 Å². The van der Waals surface area contributed by atoms with Gasteiger partial charge in [0.25, 0.3) is 0 Å². The van der Waals surface area contributed by atoms with Gasteiger partial charge in [-0.3, -0.25) is 0 Å². The van der Waals surface area contributed by atoms with Crippen molar-refractivity contribution in [3.05, 3.63) is 34.3 Å². The molecular formula is C14H16N2O2S. The van der Waals surface area contributed by atoms with Crippen molar-refractivity contribution in [2.75, 3.05) is 25.2 Å². The third-order valence-corrected chi connectivity index (χ3v) is 3.97. The molecule has 1 aliphatic heterocycles. The molecular weight excluding hydrogens is 260 g/mol. The fourth-order valence-electron chi connectivity index (χ4n) is 2.22. The molecule has 2 heterocycles. The molecule has 3 rings (SSSR count). The van der Waals surface area contributed by atoms with Gasteiger partial charge in [0.15, 0.2) is 0 Å². The number of aromatic nitrogens is 1. The van der Waals surface area contributed by atoms with Gasteiger partial charge in [-0.15, -0.1) is 11.3 Å². The molecule has 4 nitrogen and oxygen atoms in total. The van der Waals surface area contributed by atoms with Crippen LogP contribution in [-0.2, 0) is 6.54 Å². The molecule has 5 heteroatoms. The van der Waals surface area contributed by atoms with Crippen molar-refractivity contribution in [2.45, 2.75) is 13.5 Å². The summed E-state index contributed by atoms with van der Waals surface area (Å²) < 4.78 is 11.0. The Bertz CT molecular complexity index is 583. The van der Waals surface area contributed by atoms with E-state index in [2.05, 4.69) is 15.3 Å². The average molecular weight is 276 g/mol. The SMILES string of the molecule is COc1ccc2c(c1)N(Cc1csc(C)n1)CCO2. The van der Waals surface area contributed by atoms with Crippen molar-refractivity contribution in [1.82, 2.24) is 4.98 Å². The number of thiazole rings is 1. The van der Waals surface area contributed by atoms with E-state index >= 15 is 0 Å². The van der Waals surface area contributed by atoms with Crippen LogP contribution in [0.4, 0.5) is 5.69 Å². The largest absolute Gasteiger partial charge is 0.497 e. The number of hydrogen-bond acceptors (Lipinski definition) is 5. The van der Waals surface area contributed by atoms with Gasteiger partial charge in [-0.2, -0.15) is 0 Å². The van der Waals surface area contributed by atoms with Gasteiger partial charge in [-0.05, 0) is 19.1 Å². The number of benzene rings is 1. The summed E-state index contributed by atoms with van der Waals surface area (Å²) in [5, 5.41) is 3.22. The van der Waals surface area contributed by atoms with Crippen molar-refractivity contribution in [3.63, 3.8) is 0 Å². The number of rotatable bonds is 3. The predicted molar refractivity (Wildman–Crippen MR) is 76.4 cm³/mol. The minimum Gasteiger partial charge on any atom is -0.497 e. The topological polar surface area (TPSA) is 34.6 Å². The van der Waals surface area contributed by atoms with Crippen LogP contribution in [-0.4, -0.2) is 25.2 Å². The first-order valence-electron chi connectivity index (χ1n) is 6.23. The Kier molecular flexibility index (Phi) is 3.29. The first kappa shape index (κ1) is 12.3. The smallest absolute Gasteiger partial charge is 0.142 e. The van der Waals surface area contributed by atoms with Gasteiger partial charge >= 0.3 is 0 Å². The number of hydrogen-bond donors (Lipinski definition) is 0. The monoisotopic (exact) mass is 276 g/mol. The maximum absolute atomic E-state index is 5.68. The van der Waals surface area contributed by atoms with Gasteiger partial charge in [0.1, 0.15) is 18.1 Å². The molecule has 0 radical (unpaired) electrons. The highest BCUT2D eigenvalue weighted by Crippen LogP contribution is 2.35. The average Bonchev–Trinajstić information content (AvgIpc) is 2.84. The lowest BCUT2D eigenvalue weighted by Crippen LogP contribution is -2.32. The zero-order chi connectivity index (χ0) is 13.2. The predicted octanol–water partition coefficient (Wildman–Crippen LogP) is 2.86. The van der Waals surface area contributed by atoms with Gasteiger partial charge in [-0.25, -0.2) is 4.98 Å². The number of methoxy groups -OCH3 is 1. The molecule has 0 unspecified atom stereocenters. The van der Waals surface area contributed by atoms with Crippen LogP contribution in [0.3, 0.4) is 0 Å². The summed E-state index contributed by atoms with van der Waals surface area (Å²) >= 11 is 1.69. The third-order valence-electron chi connectivity index (χ3n) is 3.14. The Morgan fingerprint density at radius 2 is 2.37 bits per heavy atom. The maximum Gasteiger partial charge on any atom is 0.142 e. The van der Waals surface area contributed by atoms with Gasteiger partial charge < -0.3 is 14.4 Å². The summed E-state index contributed by atoms with van der Waals surface area (Å²) in [6, 6.07) is 5.91. The summed E-state index contributed by atoms with van der Waals surface area (Å²) in [5.41, 5.74) is 2.19. The molecule has 0 amide bonds. The van der Waals surface area contributed by atoms with Crippen molar-refractivity contribution in [1.29, 1.82) is 0 Å². The number of ether oxygens (including phenoxy) is 2. The fraction of sp³-hybridized carbons (Fsp3) is 0.357. The van der Waals surface area contributed by atoms with E-state index in [0.717, 1.165) is 41.0 Å². The molecule has 0 saturated carbocycles. The second-order valence-electron chi connectivity index (χ2n) is 4.46. The quantitative estimate of drug-likeness (QED) is 0.863. The second kappa shape index (κ2) is 5.09. The third kappa shape index (κ3) is 2.51. The van der Waals surface area contributed by atoms with E-state index in [1.54, 1.807) is 18.4 Å². The van der Waals surface area contributed by atoms with Crippen molar-refractivity contribution in [2.24, 2.45) is 0 Å². The van der Waals surface area contributed by atoms with Gasteiger partial charge in [0, 0.05) is 11.4 Å². The zero-order valence-electron chi connectivity index (χ0n) is 11.0. The number of nitrogens with zero attached hydrogens (tertiary/aromatic N) is 2. The van der Waals surface area contributed by atoms with Crippen molar-refractivity contribution >= 4 is 17.0 Å². The minimum absolute atomic E-state index is 0.711. The molecule has 2 aromatic rings. The highest BCUT2D eigenvalue weighted by molar-refractivity contribution is 7.09. The standard InChI is InChI=1S/C14H16N2O2S/c1-10-15-11(9-19-10)8-16-5-6-18-14-4-3-12(17-2)7-13(14)16/h3-4,7,9H,5-6,8H2,1-2H3. The molecule has 1 aliphatic rings. The van der Waals surface area contributed by atoms with E-state index in [1.807, 2.05) is 25.1 Å². The lowest BCUT2D eigenvalue weighted by Gasteiger charge is -2.31. The number of anilines is 1. The van der Waals surface area contributed by atoms with Crippen LogP contribution in [0, 0.1) is 6.92 Å². The molecule has 0 saturated heterocycles. The Balaban J connectivity index is 1.88. The summed E-state index contributed by atoms with van der Waals surface area (Å²) in [7, 11) is 1.68. The van der Waals surface area contributed by atoms with E-state index < -0.39 is 0 Å². The van der Waals surface area contributed by atoms with E-state index in [0.29, 0.717) is 6.61 Å². The van der Waals surface area contributed by atoms with Crippen molar-refractivity contribution in [3.8, 4) is 11.5 Å². The first-order valence-corrected chi connectivity index (χ1v) is 7.11. The Morgan fingerprint density at radius 3 is 3.11 bits per heavy atom. The first-order chi connectivity index (χ1) is 9.26. The van der Waals surface area contributed by atoms with Crippen LogP contribution in [0.1, 0.15) is 10.7 Å². The van der Waals surface area contributed by atoms with Crippen LogP contribution in [0.25, 0.3) is 0 Å². The normalized spacial score (nSPS) is 13.9. The van der Waals surface area contributed by atoms with Crippen LogP contribution < -0.4 is 14.4 Å². The van der Waals surface area contributed by atoms with Crippen LogP contribution >= 0.6 is 11.3 Å². The molecule has 19 heavy (non-hydrogen) atoms. The second-order valence-corrected chi connectivity index (χ2v) is 5.52. The lowest BCUT2D eigenvalue weighted by molar-refractivity contribution is 0.305. The van der Waals surface area contributed by atoms with Crippen LogP contribution in [0.2, 0.25) is 0 Å². The maximum atomic E-state index is 5.68. The summed E-state index contributed by atoms with van der Waals surface area (Å²) in [6.45, 7) is 4.43. The molecule has 100 valence electrons. The van der Waals surface area contributed by atoms with Crippen molar-refractivity contribution < 1.29 is 9.47 Å². The molecule has 0 spiro atoms. The van der Waals surface area contributed by atoms with Gasteiger partial charge in [-0.1, -0.05) is 0 Å².